The Bertz CT molecular complexity index is 162. The van der Waals surface area contributed by atoms with E-state index in [0.717, 1.165) is 5.88 Å². The molecule has 1 aromatic heterocycles. The minimum Gasteiger partial charge on any atom is -0.375 e. The first-order valence-electron chi connectivity index (χ1n) is 4.02. The maximum Gasteiger partial charge on any atom is 0.179 e. The lowest BCUT2D eigenvalue weighted by molar-refractivity contribution is 0.776. The molecule has 1 rings (SSSR count). The van der Waals surface area contributed by atoms with Gasteiger partial charge in [-0.1, -0.05) is 19.8 Å². The summed E-state index contributed by atoms with van der Waals surface area (Å²) in [6, 6.07) is 0. The van der Waals surface area contributed by atoms with Gasteiger partial charge in [0.15, 0.2) is 5.13 Å². The highest BCUT2D eigenvalue weighted by atomic mass is 35.5. The van der Waals surface area contributed by atoms with Crippen LogP contribution in [0, 0.1) is 0 Å². The second kappa shape index (κ2) is 8.81. The number of nitrogens with zero attached hydrogens (tertiary/aromatic N) is 1. The molecule has 0 aliphatic rings. The van der Waals surface area contributed by atoms with Crippen molar-refractivity contribution in [3.8, 4) is 0 Å². The Kier molecular flexibility index (Phi) is 8.61. The van der Waals surface area contributed by atoms with Crippen LogP contribution in [-0.2, 0) is 0 Å². The van der Waals surface area contributed by atoms with Crippen LogP contribution in [0.5, 0.6) is 0 Å². The first kappa shape index (κ1) is 11.7. The van der Waals surface area contributed by atoms with E-state index >= 15 is 0 Å². The third kappa shape index (κ3) is 7.82. The molecule has 2 nitrogen and oxygen atoms in total. The predicted octanol–water partition coefficient (Wildman–Crippen LogP) is 3.14. The zero-order valence-corrected chi connectivity index (χ0v) is 8.87. The molecule has 0 aliphatic heterocycles. The first-order chi connectivity index (χ1) is 5.81. The summed E-state index contributed by atoms with van der Waals surface area (Å²) in [6.45, 7) is 2.17. The highest BCUT2D eigenvalue weighted by Gasteiger charge is 1.77. The van der Waals surface area contributed by atoms with Crippen molar-refractivity contribution in [1.82, 2.24) is 4.98 Å². The van der Waals surface area contributed by atoms with Gasteiger partial charge in [-0.3, -0.25) is 0 Å². The number of hydrogen-bond donors (Lipinski definition) is 1. The Balaban J connectivity index is 0.000000202. The third-order valence-corrected chi connectivity index (χ3v) is 2.06. The van der Waals surface area contributed by atoms with Gasteiger partial charge in [-0.25, -0.2) is 4.98 Å². The minimum atomic E-state index is 0.634. The van der Waals surface area contributed by atoms with Crippen molar-refractivity contribution in [1.29, 1.82) is 0 Å². The summed E-state index contributed by atoms with van der Waals surface area (Å²) in [5, 5.41) is 2.48. The lowest BCUT2D eigenvalue weighted by Gasteiger charge is -1.84. The number of nitrogens with two attached hydrogens (primary N) is 1. The van der Waals surface area contributed by atoms with E-state index in [4.69, 9.17) is 17.3 Å². The van der Waals surface area contributed by atoms with Crippen LogP contribution in [0.1, 0.15) is 26.2 Å². The molecule has 1 aromatic rings. The predicted molar refractivity (Wildman–Crippen MR) is 56.8 cm³/mol. The molecule has 0 saturated carbocycles. The van der Waals surface area contributed by atoms with Crippen LogP contribution in [0.4, 0.5) is 5.13 Å². The molecule has 1 heterocycles. The molecule has 0 fully saturated rings. The van der Waals surface area contributed by atoms with Crippen molar-refractivity contribution in [2.75, 3.05) is 11.6 Å². The third-order valence-electron chi connectivity index (χ3n) is 1.19. The Morgan fingerprint density at radius 1 is 1.58 bits per heavy atom. The zero-order valence-electron chi connectivity index (χ0n) is 7.29. The van der Waals surface area contributed by atoms with Gasteiger partial charge in [-0.15, -0.1) is 22.9 Å². The number of halogens is 1. The van der Waals surface area contributed by atoms with E-state index in [1.165, 1.54) is 30.6 Å². The second-order valence-electron chi connectivity index (χ2n) is 2.27. The molecule has 0 bridgehead atoms. The Morgan fingerprint density at radius 2 is 2.33 bits per heavy atom. The quantitative estimate of drug-likeness (QED) is 0.610. The summed E-state index contributed by atoms with van der Waals surface area (Å²) in [6.07, 6.45) is 5.41. The van der Waals surface area contributed by atoms with Gasteiger partial charge in [-0.05, 0) is 6.42 Å². The molecule has 4 heteroatoms. The first-order valence-corrected chi connectivity index (χ1v) is 5.43. The van der Waals surface area contributed by atoms with Crippen LogP contribution < -0.4 is 5.73 Å². The monoisotopic (exact) mass is 206 g/mol. The van der Waals surface area contributed by atoms with Crippen LogP contribution in [-0.4, -0.2) is 10.9 Å². The topological polar surface area (TPSA) is 38.9 Å². The summed E-state index contributed by atoms with van der Waals surface area (Å²) in [7, 11) is 0. The number of nitrogen functional groups attached to an aromatic ring is 1. The molecule has 0 atom stereocenters. The van der Waals surface area contributed by atoms with E-state index in [-0.39, 0.29) is 0 Å². The van der Waals surface area contributed by atoms with Gasteiger partial charge < -0.3 is 5.73 Å². The molecular formula is C8H15ClN2S. The van der Waals surface area contributed by atoms with Crippen LogP contribution in [0.3, 0.4) is 0 Å². The van der Waals surface area contributed by atoms with Gasteiger partial charge in [-0.2, -0.15) is 0 Å². The van der Waals surface area contributed by atoms with Gasteiger partial charge in [0, 0.05) is 17.5 Å². The van der Waals surface area contributed by atoms with Gasteiger partial charge in [0.25, 0.3) is 0 Å². The van der Waals surface area contributed by atoms with Crippen LogP contribution >= 0.6 is 22.9 Å². The number of hydrogen-bond acceptors (Lipinski definition) is 3. The lowest BCUT2D eigenvalue weighted by Crippen LogP contribution is -1.77. The molecule has 12 heavy (non-hydrogen) atoms. The van der Waals surface area contributed by atoms with Gasteiger partial charge in [0.1, 0.15) is 0 Å². The summed E-state index contributed by atoms with van der Waals surface area (Å²) in [4.78, 5) is 3.71. The molecular weight excluding hydrogens is 192 g/mol. The number of unbranched alkanes of at least 4 members (excludes halogenated alkanes) is 2. The van der Waals surface area contributed by atoms with E-state index in [0.29, 0.717) is 5.13 Å². The van der Waals surface area contributed by atoms with Gasteiger partial charge in [0.2, 0.25) is 0 Å². The lowest BCUT2D eigenvalue weighted by atomic mass is 10.3. The maximum atomic E-state index is 5.38. The standard InChI is InChI=1S/C5H11Cl.C3H4N2S/c1-2-3-4-5-6;4-3-5-1-2-6-3/h2-5H2,1H3;1-2H,(H2,4,5). The second-order valence-corrected chi connectivity index (χ2v) is 3.57. The van der Waals surface area contributed by atoms with Crippen molar-refractivity contribution < 1.29 is 0 Å². The number of aromatic nitrogens is 1. The highest BCUT2D eigenvalue weighted by molar-refractivity contribution is 7.13. The van der Waals surface area contributed by atoms with Crippen molar-refractivity contribution in [3.05, 3.63) is 11.6 Å². The van der Waals surface area contributed by atoms with Crippen molar-refractivity contribution in [2.24, 2.45) is 0 Å². The highest BCUT2D eigenvalue weighted by Crippen LogP contribution is 2.02. The number of thiazole rings is 1. The molecule has 0 aliphatic carbocycles. The minimum absolute atomic E-state index is 0.634. The number of rotatable bonds is 3. The average molecular weight is 207 g/mol. The molecule has 2 N–H and O–H groups in total. The largest absolute Gasteiger partial charge is 0.375 e. The van der Waals surface area contributed by atoms with E-state index in [9.17, 15) is 0 Å². The number of alkyl halides is 1. The van der Waals surface area contributed by atoms with Crippen molar-refractivity contribution in [3.63, 3.8) is 0 Å². The van der Waals surface area contributed by atoms with Crippen LogP contribution in [0.2, 0.25) is 0 Å². The fraction of sp³-hybridized carbons (Fsp3) is 0.625. The van der Waals surface area contributed by atoms with E-state index in [2.05, 4.69) is 11.9 Å². The smallest absolute Gasteiger partial charge is 0.179 e. The Labute approximate surface area is 82.8 Å². The van der Waals surface area contributed by atoms with Gasteiger partial charge in [0.05, 0.1) is 0 Å². The SMILES string of the molecule is CCCCCCl.Nc1nccs1. The maximum absolute atomic E-state index is 5.38. The molecule has 0 unspecified atom stereocenters. The van der Waals surface area contributed by atoms with Crippen molar-refractivity contribution in [2.45, 2.75) is 26.2 Å². The summed E-state index contributed by atoms with van der Waals surface area (Å²) < 4.78 is 0. The van der Waals surface area contributed by atoms with Gasteiger partial charge >= 0.3 is 0 Å². The molecule has 0 aromatic carbocycles. The summed E-state index contributed by atoms with van der Waals surface area (Å²) in [5.74, 6) is 0.827. The molecule has 0 saturated heterocycles. The number of anilines is 1. The Morgan fingerprint density at radius 3 is 2.50 bits per heavy atom. The fourth-order valence-corrected chi connectivity index (χ4v) is 1.15. The molecule has 0 radical (unpaired) electrons. The average Bonchev–Trinajstić information content (AvgIpc) is 2.53. The van der Waals surface area contributed by atoms with E-state index < -0.39 is 0 Å². The van der Waals surface area contributed by atoms with E-state index in [1.807, 2.05) is 5.38 Å². The molecule has 70 valence electrons. The van der Waals surface area contributed by atoms with Crippen LogP contribution in [0.15, 0.2) is 11.6 Å². The fourth-order valence-electron chi connectivity index (χ4n) is 0.579. The summed E-state index contributed by atoms with van der Waals surface area (Å²) >= 11 is 6.82. The van der Waals surface area contributed by atoms with E-state index in [1.54, 1.807) is 6.20 Å². The summed E-state index contributed by atoms with van der Waals surface area (Å²) in [5.41, 5.74) is 5.19. The van der Waals surface area contributed by atoms with Crippen molar-refractivity contribution >= 4 is 28.1 Å². The molecule has 0 spiro atoms. The Hall–Kier alpha value is -0.280. The van der Waals surface area contributed by atoms with Crippen LogP contribution in [0.25, 0.3) is 0 Å². The normalized spacial score (nSPS) is 8.83. The molecule has 0 amide bonds. The zero-order chi connectivity index (χ0) is 9.23.